The predicted octanol–water partition coefficient (Wildman–Crippen LogP) is 2.39. The Balaban J connectivity index is 1.71. The van der Waals surface area contributed by atoms with E-state index in [9.17, 15) is 0 Å². The molecule has 15 heavy (non-hydrogen) atoms. The molecule has 1 N–H and O–H groups in total. The third-order valence-corrected chi connectivity index (χ3v) is 4.31. The highest BCUT2D eigenvalue weighted by Gasteiger charge is 2.32. The Morgan fingerprint density at radius 3 is 2.53 bits per heavy atom. The molecule has 0 heterocycles. The summed E-state index contributed by atoms with van der Waals surface area (Å²) < 4.78 is 0. The molecule has 0 spiro atoms. The minimum Gasteiger partial charge on any atom is -0.314 e. The van der Waals surface area contributed by atoms with Gasteiger partial charge in [0.1, 0.15) is 0 Å². The van der Waals surface area contributed by atoms with Crippen molar-refractivity contribution in [1.29, 1.82) is 0 Å². The fourth-order valence-electron chi connectivity index (χ4n) is 2.95. The van der Waals surface area contributed by atoms with Crippen LogP contribution < -0.4 is 5.32 Å². The monoisotopic (exact) mass is 210 g/mol. The molecule has 2 aliphatic rings. The first-order valence-electron chi connectivity index (χ1n) is 6.76. The fourth-order valence-corrected chi connectivity index (χ4v) is 2.95. The molecule has 2 atom stereocenters. The Morgan fingerprint density at radius 2 is 1.93 bits per heavy atom. The summed E-state index contributed by atoms with van der Waals surface area (Å²) in [6.45, 7) is 3.45. The van der Waals surface area contributed by atoms with Gasteiger partial charge in [-0.1, -0.05) is 13.3 Å². The van der Waals surface area contributed by atoms with E-state index in [-0.39, 0.29) is 0 Å². The highest BCUT2D eigenvalue weighted by Crippen LogP contribution is 2.31. The van der Waals surface area contributed by atoms with Gasteiger partial charge in [-0.3, -0.25) is 0 Å². The predicted molar refractivity (Wildman–Crippen MR) is 65.1 cm³/mol. The van der Waals surface area contributed by atoms with Crippen LogP contribution in [0.5, 0.6) is 0 Å². The summed E-state index contributed by atoms with van der Waals surface area (Å²) in [6, 6.07) is 2.59. The van der Waals surface area contributed by atoms with Gasteiger partial charge in [0, 0.05) is 18.1 Å². The summed E-state index contributed by atoms with van der Waals surface area (Å²) in [4.78, 5) is 2.66. The molecule has 0 aromatic carbocycles. The van der Waals surface area contributed by atoms with Gasteiger partial charge < -0.3 is 10.2 Å². The molecule has 2 heteroatoms. The third-order valence-electron chi connectivity index (χ3n) is 4.31. The topological polar surface area (TPSA) is 15.3 Å². The lowest BCUT2D eigenvalue weighted by molar-refractivity contribution is 0.111. The number of nitrogens with zero attached hydrogens (tertiary/aromatic N) is 1. The van der Waals surface area contributed by atoms with Gasteiger partial charge >= 0.3 is 0 Å². The highest BCUT2D eigenvalue weighted by atomic mass is 15.2. The Labute approximate surface area is 94.4 Å². The summed E-state index contributed by atoms with van der Waals surface area (Å²) in [7, 11) is 2.34. The van der Waals surface area contributed by atoms with Gasteiger partial charge in [0.25, 0.3) is 0 Å². The molecule has 0 amide bonds. The normalized spacial score (nSPS) is 32.2. The molecular formula is C13H26N2. The van der Waals surface area contributed by atoms with Crippen LogP contribution in [0.15, 0.2) is 0 Å². The quantitative estimate of drug-likeness (QED) is 0.749. The van der Waals surface area contributed by atoms with E-state index in [0.717, 1.165) is 18.1 Å². The van der Waals surface area contributed by atoms with Crippen LogP contribution in [0, 0.1) is 0 Å². The van der Waals surface area contributed by atoms with Crippen LogP contribution in [0.3, 0.4) is 0 Å². The standard InChI is InChI=1S/C13H26N2/c1-3-9-14-11-7-8-13(10-11)15(2)12-5-4-6-12/h11-14H,3-10H2,1-2H3. The van der Waals surface area contributed by atoms with Crippen molar-refractivity contribution in [2.24, 2.45) is 0 Å². The lowest BCUT2D eigenvalue weighted by Gasteiger charge is -2.38. The molecule has 0 aliphatic heterocycles. The van der Waals surface area contributed by atoms with Crippen LogP contribution in [0.4, 0.5) is 0 Å². The molecule has 2 unspecified atom stereocenters. The molecular weight excluding hydrogens is 184 g/mol. The lowest BCUT2D eigenvalue weighted by atomic mass is 9.90. The SMILES string of the molecule is CCCNC1CCC(N(C)C2CCC2)C1. The molecule has 2 saturated carbocycles. The number of hydrogen-bond donors (Lipinski definition) is 1. The molecule has 0 aromatic heterocycles. The Bertz CT molecular complexity index is 189. The van der Waals surface area contributed by atoms with Gasteiger partial charge in [-0.15, -0.1) is 0 Å². The largest absolute Gasteiger partial charge is 0.314 e. The molecule has 2 aliphatic carbocycles. The van der Waals surface area contributed by atoms with E-state index in [1.807, 2.05) is 0 Å². The van der Waals surface area contributed by atoms with E-state index in [1.165, 1.54) is 51.5 Å². The van der Waals surface area contributed by atoms with E-state index in [2.05, 4.69) is 24.2 Å². The minimum absolute atomic E-state index is 0.803. The zero-order chi connectivity index (χ0) is 10.7. The van der Waals surface area contributed by atoms with E-state index >= 15 is 0 Å². The Hall–Kier alpha value is -0.0800. The molecule has 2 fully saturated rings. The van der Waals surface area contributed by atoms with Crippen molar-refractivity contribution >= 4 is 0 Å². The van der Waals surface area contributed by atoms with Gasteiger partial charge in [-0.25, -0.2) is 0 Å². The van der Waals surface area contributed by atoms with Crippen molar-refractivity contribution in [2.45, 2.75) is 70.0 Å². The van der Waals surface area contributed by atoms with Crippen LogP contribution in [0.1, 0.15) is 51.9 Å². The van der Waals surface area contributed by atoms with E-state index < -0.39 is 0 Å². The zero-order valence-electron chi connectivity index (χ0n) is 10.3. The van der Waals surface area contributed by atoms with Crippen molar-refractivity contribution in [2.75, 3.05) is 13.6 Å². The number of hydrogen-bond acceptors (Lipinski definition) is 2. The van der Waals surface area contributed by atoms with Gasteiger partial charge in [-0.05, 0) is 52.1 Å². The maximum Gasteiger partial charge on any atom is 0.0110 e. The fraction of sp³-hybridized carbons (Fsp3) is 1.00. The minimum atomic E-state index is 0.803. The molecule has 2 nitrogen and oxygen atoms in total. The second kappa shape index (κ2) is 5.31. The lowest BCUT2D eigenvalue weighted by Crippen LogP contribution is -2.43. The van der Waals surface area contributed by atoms with E-state index in [0.29, 0.717) is 0 Å². The van der Waals surface area contributed by atoms with Gasteiger partial charge in [0.15, 0.2) is 0 Å². The highest BCUT2D eigenvalue weighted by molar-refractivity contribution is 4.90. The number of rotatable bonds is 5. The van der Waals surface area contributed by atoms with Crippen molar-refractivity contribution in [1.82, 2.24) is 10.2 Å². The molecule has 0 saturated heterocycles. The summed E-state index contributed by atoms with van der Waals surface area (Å²) in [5.41, 5.74) is 0. The number of nitrogens with one attached hydrogen (secondary N) is 1. The van der Waals surface area contributed by atoms with Gasteiger partial charge in [0.05, 0.1) is 0 Å². The average Bonchev–Trinajstić information content (AvgIpc) is 2.60. The first-order valence-corrected chi connectivity index (χ1v) is 6.76. The van der Waals surface area contributed by atoms with Crippen LogP contribution in [-0.2, 0) is 0 Å². The van der Waals surface area contributed by atoms with E-state index in [4.69, 9.17) is 0 Å². The zero-order valence-corrected chi connectivity index (χ0v) is 10.3. The first-order chi connectivity index (χ1) is 7.31. The summed E-state index contributed by atoms with van der Waals surface area (Å²) in [6.07, 6.45) is 9.79. The average molecular weight is 210 g/mol. The van der Waals surface area contributed by atoms with Crippen molar-refractivity contribution in [3.05, 3.63) is 0 Å². The van der Waals surface area contributed by atoms with Gasteiger partial charge in [-0.2, -0.15) is 0 Å². The van der Waals surface area contributed by atoms with Crippen molar-refractivity contribution in [3.63, 3.8) is 0 Å². The maximum atomic E-state index is 3.66. The smallest absolute Gasteiger partial charge is 0.0110 e. The molecule has 0 aromatic rings. The van der Waals surface area contributed by atoms with Crippen LogP contribution >= 0.6 is 0 Å². The van der Waals surface area contributed by atoms with Crippen LogP contribution in [0.25, 0.3) is 0 Å². The second-order valence-electron chi connectivity index (χ2n) is 5.37. The van der Waals surface area contributed by atoms with Crippen molar-refractivity contribution < 1.29 is 0 Å². The molecule has 88 valence electrons. The van der Waals surface area contributed by atoms with Crippen LogP contribution in [-0.4, -0.2) is 36.6 Å². The van der Waals surface area contributed by atoms with Crippen molar-refractivity contribution in [3.8, 4) is 0 Å². The third kappa shape index (κ3) is 2.73. The molecule has 0 radical (unpaired) electrons. The first kappa shape index (κ1) is 11.4. The molecule has 2 rings (SSSR count). The van der Waals surface area contributed by atoms with Gasteiger partial charge in [0.2, 0.25) is 0 Å². The van der Waals surface area contributed by atoms with Crippen LogP contribution in [0.2, 0.25) is 0 Å². The maximum absolute atomic E-state index is 3.66. The molecule has 0 bridgehead atoms. The Morgan fingerprint density at radius 1 is 1.13 bits per heavy atom. The second-order valence-corrected chi connectivity index (χ2v) is 5.37. The summed E-state index contributed by atoms with van der Waals surface area (Å²) in [5.74, 6) is 0. The summed E-state index contributed by atoms with van der Waals surface area (Å²) in [5, 5.41) is 3.66. The van der Waals surface area contributed by atoms with E-state index in [1.54, 1.807) is 0 Å². The summed E-state index contributed by atoms with van der Waals surface area (Å²) >= 11 is 0. The Kier molecular flexibility index (Phi) is 4.04.